The lowest BCUT2D eigenvalue weighted by atomic mass is 10.2. The molecule has 2 atom stereocenters. The van der Waals surface area contributed by atoms with Gasteiger partial charge in [0.15, 0.2) is 5.96 Å². The van der Waals surface area contributed by atoms with Crippen LogP contribution in [0.4, 0.5) is 0 Å². The Morgan fingerprint density at radius 2 is 2.04 bits per heavy atom. The number of thiophene rings is 1. The van der Waals surface area contributed by atoms with E-state index >= 15 is 0 Å². The topological polar surface area (TPSA) is 73.7 Å². The van der Waals surface area contributed by atoms with Gasteiger partial charge in [-0.15, -0.1) is 11.3 Å². The summed E-state index contributed by atoms with van der Waals surface area (Å²) in [7, 11) is -0.939. The van der Waals surface area contributed by atoms with E-state index in [1.165, 1.54) is 11.3 Å². The van der Waals surface area contributed by atoms with Crippen LogP contribution in [0.25, 0.3) is 0 Å². The lowest BCUT2D eigenvalue weighted by Crippen LogP contribution is -2.39. The Hall–Kier alpha value is -1.41. The van der Waals surface area contributed by atoms with Crippen LogP contribution in [0.2, 0.25) is 4.34 Å². The van der Waals surface area contributed by atoms with Gasteiger partial charge >= 0.3 is 0 Å². The van der Waals surface area contributed by atoms with Gasteiger partial charge in [-0.1, -0.05) is 41.9 Å². The fraction of sp³-hybridized carbons (Fsp3) is 0.389. The van der Waals surface area contributed by atoms with Gasteiger partial charge in [-0.25, -0.2) is 0 Å². The van der Waals surface area contributed by atoms with Crippen molar-refractivity contribution in [3.8, 4) is 0 Å². The molecule has 0 fully saturated rings. The molecule has 5 nitrogen and oxygen atoms in total. The molecule has 2 unspecified atom stereocenters. The van der Waals surface area contributed by atoms with Crippen molar-refractivity contribution in [3.05, 3.63) is 57.2 Å². The average molecular weight is 414 g/mol. The summed E-state index contributed by atoms with van der Waals surface area (Å²) in [4.78, 5) is 5.18. The lowest BCUT2D eigenvalue weighted by Gasteiger charge is -2.12. The number of aliphatic hydroxyl groups excluding tert-OH is 1. The smallest absolute Gasteiger partial charge is 0.191 e. The van der Waals surface area contributed by atoms with E-state index in [0.717, 1.165) is 10.4 Å². The fourth-order valence-electron chi connectivity index (χ4n) is 2.23. The zero-order valence-corrected chi connectivity index (χ0v) is 17.0. The maximum Gasteiger partial charge on any atom is 0.191 e. The van der Waals surface area contributed by atoms with E-state index in [9.17, 15) is 9.32 Å². The molecule has 0 aliphatic carbocycles. The maximum atomic E-state index is 12.2. The van der Waals surface area contributed by atoms with Crippen LogP contribution >= 0.6 is 22.9 Å². The molecule has 0 bridgehead atoms. The molecule has 1 aromatic heterocycles. The van der Waals surface area contributed by atoms with E-state index < -0.39 is 16.9 Å². The Morgan fingerprint density at radius 3 is 2.69 bits per heavy atom. The number of hydrogen-bond donors (Lipinski definition) is 3. The summed E-state index contributed by atoms with van der Waals surface area (Å²) in [5.41, 5.74) is 1.07. The van der Waals surface area contributed by atoms with Crippen molar-refractivity contribution in [3.63, 3.8) is 0 Å². The van der Waals surface area contributed by atoms with Crippen molar-refractivity contribution >= 4 is 39.7 Å². The van der Waals surface area contributed by atoms with Crippen LogP contribution in [0.1, 0.15) is 23.5 Å². The highest BCUT2D eigenvalue weighted by Gasteiger charge is 2.10. The molecule has 1 aromatic carbocycles. The number of nitrogens with one attached hydrogen (secondary N) is 2. The molecular weight excluding hydrogens is 390 g/mol. The Kier molecular flexibility index (Phi) is 9.11. The molecule has 0 amide bonds. The van der Waals surface area contributed by atoms with Gasteiger partial charge in [0.05, 0.1) is 10.9 Å². The third kappa shape index (κ3) is 7.45. The lowest BCUT2D eigenvalue weighted by molar-refractivity contribution is 0.191. The van der Waals surface area contributed by atoms with Crippen LogP contribution in [0.3, 0.4) is 0 Å². The number of rotatable bonds is 9. The molecular formula is C18H24ClN3O2S2. The number of nitrogens with zero attached hydrogens (tertiary/aromatic N) is 1. The summed E-state index contributed by atoms with van der Waals surface area (Å²) in [5, 5.41) is 16.5. The predicted molar refractivity (Wildman–Crippen MR) is 111 cm³/mol. The molecule has 0 radical (unpaired) electrons. The zero-order chi connectivity index (χ0) is 18.8. The second-order valence-corrected chi connectivity index (χ2v) is 8.90. The highest BCUT2D eigenvalue weighted by Crippen LogP contribution is 2.26. The van der Waals surface area contributed by atoms with Gasteiger partial charge in [-0.05, 0) is 24.6 Å². The molecule has 3 N–H and O–H groups in total. The first-order valence-corrected chi connectivity index (χ1v) is 11.1. The van der Waals surface area contributed by atoms with Gasteiger partial charge in [-0.2, -0.15) is 0 Å². The van der Waals surface area contributed by atoms with E-state index in [0.29, 0.717) is 34.9 Å². The van der Waals surface area contributed by atoms with E-state index in [4.69, 9.17) is 11.6 Å². The molecule has 0 spiro atoms. The third-order valence-electron chi connectivity index (χ3n) is 3.48. The van der Waals surface area contributed by atoms with Crippen LogP contribution < -0.4 is 10.6 Å². The molecule has 2 aromatic rings. The van der Waals surface area contributed by atoms with Crippen molar-refractivity contribution in [1.29, 1.82) is 0 Å². The van der Waals surface area contributed by atoms with Gasteiger partial charge in [0, 0.05) is 40.3 Å². The van der Waals surface area contributed by atoms with Crippen LogP contribution in [-0.4, -0.2) is 40.7 Å². The molecule has 0 saturated carbocycles. The van der Waals surface area contributed by atoms with Gasteiger partial charge in [0.1, 0.15) is 6.10 Å². The monoisotopic (exact) mass is 413 g/mol. The number of benzene rings is 1. The van der Waals surface area contributed by atoms with Crippen LogP contribution in [0.5, 0.6) is 0 Å². The largest absolute Gasteiger partial charge is 0.386 e. The first-order chi connectivity index (χ1) is 12.6. The Bertz CT molecular complexity index is 722. The summed E-state index contributed by atoms with van der Waals surface area (Å²) < 4.78 is 12.8. The summed E-state index contributed by atoms with van der Waals surface area (Å²) in [6.07, 6.45) is -0.685. The number of aliphatic imine (C=N–C) groups is 1. The summed E-state index contributed by atoms with van der Waals surface area (Å²) in [6, 6.07) is 13.4. The minimum absolute atomic E-state index is 0.235. The van der Waals surface area contributed by atoms with Gasteiger partial charge in [0.25, 0.3) is 0 Å². The Labute approximate surface area is 166 Å². The normalized spacial score (nSPS) is 14.0. The summed E-state index contributed by atoms with van der Waals surface area (Å²) in [6.45, 7) is 3.46. The molecule has 0 saturated heterocycles. The summed E-state index contributed by atoms with van der Waals surface area (Å²) in [5.74, 6) is 1.68. The SMILES string of the molecule is CCNC(=NCC(O)c1ccc(Cl)s1)NCCS(=O)Cc1ccccc1. The van der Waals surface area contributed by atoms with Crippen LogP contribution in [-0.2, 0) is 16.6 Å². The molecule has 0 aliphatic rings. The molecule has 142 valence electrons. The average Bonchev–Trinajstić information content (AvgIpc) is 3.07. The van der Waals surface area contributed by atoms with Crippen molar-refractivity contribution < 1.29 is 9.32 Å². The number of halogens is 1. The van der Waals surface area contributed by atoms with Gasteiger partial charge < -0.3 is 15.7 Å². The van der Waals surface area contributed by atoms with Crippen molar-refractivity contribution in [1.82, 2.24) is 10.6 Å². The fourth-order valence-corrected chi connectivity index (χ4v) is 4.31. The minimum atomic E-state index is -0.939. The van der Waals surface area contributed by atoms with Crippen molar-refractivity contribution in [2.75, 3.05) is 25.4 Å². The molecule has 8 heteroatoms. The van der Waals surface area contributed by atoms with Crippen molar-refractivity contribution in [2.24, 2.45) is 4.99 Å². The molecule has 26 heavy (non-hydrogen) atoms. The highest BCUT2D eigenvalue weighted by atomic mass is 35.5. The van der Waals surface area contributed by atoms with Crippen molar-refractivity contribution in [2.45, 2.75) is 18.8 Å². The molecule has 1 heterocycles. The van der Waals surface area contributed by atoms with E-state index in [-0.39, 0.29) is 6.54 Å². The second kappa shape index (κ2) is 11.3. The van der Waals surface area contributed by atoms with Crippen LogP contribution in [0, 0.1) is 0 Å². The maximum absolute atomic E-state index is 12.2. The first-order valence-electron chi connectivity index (χ1n) is 8.43. The van der Waals surface area contributed by atoms with E-state index in [1.807, 2.05) is 37.3 Å². The van der Waals surface area contributed by atoms with E-state index in [2.05, 4.69) is 15.6 Å². The van der Waals surface area contributed by atoms with Gasteiger partial charge in [-0.3, -0.25) is 9.20 Å². The van der Waals surface area contributed by atoms with E-state index in [1.54, 1.807) is 12.1 Å². The summed E-state index contributed by atoms with van der Waals surface area (Å²) >= 11 is 7.24. The minimum Gasteiger partial charge on any atom is -0.386 e. The number of hydrogen-bond acceptors (Lipinski definition) is 4. The van der Waals surface area contributed by atoms with Crippen LogP contribution in [0.15, 0.2) is 47.5 Å². The highest BCUT2D eigenvalue weighted by molar-refractivity contribution is 7.84. The standard InChI is InChI=1S/C18H24ClN3O2S2/c1-2-20-18(22-12-15(23)16-8-9-17(19)25-16)21-10-11-26(24)13-14-6-4-3-5-7-14/h3-9,15,23H,2,10-13H2,1H3,(H2,20,21,22). The first kappa shape index (κ1) is 20.9. The predicted octanol–water partition coefficient (Wildman–Crippen LogP) is 2.94. The number of guanidine groups is 1. The number of aliphatic hydroxyl groups is 1. The second-order valence-electron chi connectivity index (χ2n) is 5.58. The third-order valence-corrected chi connectivity index (χ3v) is 6.13. The molecule has 2 rings (SSSR count). The Morgan fingerprint density at radius 1 is 1.27 bits per heavy atom. The Balaban J connectivity index is 1.78. The zero-order valence-electron chi connectivity index (χ0n) is 14.7. The molecule has 0 aliphatic heterocycles. The quantitative estimate of drug-likeness (QED) is 0.436. The van der Waals surface area contributed by atoms with Gasteiger partial charge in [0.2, 0.25) is 0 Å².